The highest BCUT2D eigenvalue weighted by molar-refractivity contribution is 7.92. The van der Waals surface area contributed by atoms with Crippen molar-refractivity contribution in [2.75, 3.05) is 32.2 Å². The maximum absolute atomic E-state index is 12.8. The average Bonchev–Trinajstić information content (AvgIpc) is 3.09. The third kappa shape index (κ3) is 3.87. The first kappa shape index (κ1) is 19.9. The van der Waals surface area contributed by atoms with Crippen LogP contribution >= 0.6 is 11.6 Å². The number of imidazole rings is 1. The first-order chi connectivity index (χ1) is 13.4. The van der Waals surface area contributed by atoms with Crippen LogP contribution in [0.4, 0.5) is 10.3 Å². The predicted molar refractivity (Wildman–Crippen MR) is 97.6 cm³/mol. The lowest BCUT2D eigenvalue weighted by atomic mass is 10.5. The van der Waals surface area contributed by atoms with Crippen molar-refractivity contribution in [3.05, 3.63) is 29.5 Å². The second-order valence-electron chi connectivity index (χ2n) is 5.21. The zero-order valence-corrected chi connectivity index (χ0v) is 16.3. The second kappa shape index (κ2) is 8.02. The fraction of sp³-hybridized carbons (Fsp3) is 0.267. The molecular weight excluding hydrogens is 417 g/mol. The Morgan fingerprint density at radius 1 is 1.25 bits per heavy atom. The number of rotatable bonds is 8. The van der Waals surface area contributed by atoms with Gasteiger partial charge >= 0.3 is 0 Å². The number of aromatic nitrogens is 4. The van der Waals surface area contributed by atoms with E-state index in [0.29, 0.717) is 10.7 Å². The Kier molecular flexibility index (Phi) is 5.70. The molecule has 1 N–H and O–H groups in total. The zero-order valence-electron chi connectivity index (χ0n) is 14.7. The van der Waals surface area contributed by atoms with Crippen LogP contribution in [0.3, 0.4) is 0 Å². The molecule has 10 nitrogen and oxygen atoms in total. The molecule has 0 radical (unpaired) electrons. The maximum Gasteiger partial charge on any atom is 0.281 e. The maximum atomic E-state index is 12.8. The molecule has 0 saturated carbocycles. The molecule has 3 aromatic heterocycles. The van der Waals surface area contributed by atoms with E-state index in [1.807, 2.05) is 0 Å². The highest BCUT2D eigenvalue weighted by Gasteiger charge is 2.24. The van der Waals surface area contributed by atoms with Crippen LogP contribution in [-0.2, 0) is 10.0 Å². The van der Waals surface area contributed by atoms with Gasteiger partial charge in [-0.25, -0.2) is 14.1 Å². The number of fused-ring (bicyclic) bond motifs is 1. The van der Waals surface area contributed by atoms with Crippen molar-refractivity contribution in [1.29, 1.82) is 0 Å². The highest BCUT2D eigenvalue weighted by Crippen LogP contribution is 2.35. The summed E-state index contributed by atoms with van der Waals surface area (Å²) in [6.45, 7) is -1.02. The van der Waals surface area contributed by atoms with E-state index in [1.54, 1.807) is 0 Å². The first-order valence-electron chi connectivity index (χ1n) is 7.74. The van der Waals surface area contributed by atoms with Gasteiger partial charge in [0.25, 0.3) is 21.8 Å². The van der Waals surface area contributed by atoms with Crippen molar-refractivity contribution in [3.63, 3.8) is 0 Å². The number of nitrogens with zero attached hydrogens (tertiary/aromatic N) is 4. The van der Waals surface area contributed by atoms with Crippen LogP contribution < -0.4 is 18.9 Å². The molecule has 28 heavy (non-hydrogen) atoms. The highest BCUT2D eigenvalue weighted by atomic mass is 35.5. The van der Waals surface area contributed by atoms with Crippen molar-refractivity contribution in [1.82, 2.24) is 19.4 Å². The quantitative estimate of drug-likeness (QED) is 0.575. The minimum atomic E-state index is -4.12. The van der Waals surface area contributed by atoms with Crippen LogP contribution in [0.2, 0.25) is 5.02 Å². The van der Waals surface area contributed by atoms with Crippen molar-refractivity contribution in [3.8, 4) is 17.5 Å². The van der Waals surface area contributed by atoms with E-state index in [4.69, 9.17) is 25.8 Å². The van der Waals surface area contributed by atoms with Gasteiger partial charge in [-0.2, -0.15) is 18.4 Å². The van der Waals surface area contributed by atoms with Gasteiger partial charge in [-0.05, 0) is 6.07 Å². The van der Waals surface area contributed by atoms with E-state index in [2.05, 4.69) is 19.7 Å². The molecule has 0 spiro atoms. The zero-order chi connectivity index (χ0) is 20.3. The number of ether oxygens (including phenoxy) is 3. The lowest BCUT2D eigenvalue weighted by molar-refractivity contribution is 0.240. The molecule has 0 aliphatic carbocycles. The number of halogens is 2. The SMILES string of the molecule is COc1nc(NS(=O)(=O)c2cnc3cc(Cl)ccn23)nc(OC)c1OCCF. The monoisotopic (exact) mass is 431 g/mol. The molecule has 3 rings (SSSR count). The van der Waals surface area contributed by atoms with Crippen LogP contribution in [0, 0.1) is 0 Å². The van der Waals surface area contributed by atoms with E-state index >= 15 is 0 Å². The molecule has 0 aliphatic rings. The standard InChI is InChI=1S/C15H15ClFN5O5S/c1-25-13-12(27-6-4-17)14(26-2)20-15(19-13)21-28(23,24)11-8-18-10-7-9(16)3-5-22(10)11/h3,5,7-8H,4,6H2,1-2H3,(H,19,20,21). The number of nitrogens with one attached hydrogen (secondary N) is 1. The number of hydrogen-bond acceptors (Lipinski definition) is 8. The Bertz CT molecular complexity index is 1080. The average molecular weight is 432 g/mol. The molecule has 3 heterocycles. The van der Waals surface area contributed by atoms with Crippen LogP contribution in [0.1, 0.15) is 0 Å². The topological polar surface area (TPSA) is 117 Å². The molecule has 0 amide bonds. The van der Waals surface area contributed by atoms with Gasteiger partial charge in [0.1, 0.15) is 18.9 Å². The van der Waals surface area contributed by atoms with Gasteiger partial charge in [-0.1, -0.05) is 11.6 Å². The third-order valence-corrected chi connectivity index (χ3v) is 5.00. The molecule has 0 atom stereocenters. The molecule has 0 saturated heterocycles. The molecule has 13 heteroatoms. The summed E-state index contributed by atoms with van der Waals surface area (Å²) < 4.78 is 56.8. The molecule has 0 unspecified atom stereocenters. The number of hydrogen-bond donors (Lipinski definition) is 1. The molecule has 0 aliphatic heterocycles. The van der Waals surface area contributed by atoms with Crippen molar-refractivity contribution in [2.24, 2.45) is 0 Å². The molecular formula is C15H15ClFN5O5S. The molecule has 0 bridgehead atoms. The second-order valence-corrected chi connectivity index (χ2v) is 7.27. The van der Waals surface area contributed by atoms with Crippen LogP contribution in [0.25, 0.3) is 5.65 Å². The number of alkyl halides is 1. The van der Waals surface area contributed by atoms with Gasteiger partial charge in [-0.15, -0.1) is 0 Å². The molecule has 0 fully saturated rings. The van der Waals surface area contributed by atoms with Gasteiger partial charge in [-0.3, -0.25) is 4.40 Å². The number of pyridine rings is 1. The number of sulfonamides is 1. The van der Waals surface area contributed by atoms with E-state index in [0.717, 1.165) is 0 Å². The van der Waals surface area contributed by atoms with E-state index in [1.165, 1.54) is 43.1 Å². The predicted octanol–water partition coefficient (Wildman–Crippen LogP) is 1.94. The largest absolute Gasteiger partial charge is 0.481 e. The molecule has 0 aromatic carbocycles. The van der Waals surface area contributed by atoms with E-state index in [9.17, 15) is 12.8 Å². The Morgan fingerprint density at radius 3 is 2.54 bits per heavy atom. The molecule has 3 aromatic rings. The Hall–Kier alpha value is -2.86. The first-order valence-corrected chi connectivity index (χ1v) is 9.60. The minimum Gasteiger partial charge on any atom is -0.481 e. The fourth-order valence-electron chi connectivity index (χ4n) is 2.30. The van der Waals surface area contributed by atoms with Crippen molar-refractivity contribution < 1.29 is 27.0 Å². The van der Waals surface area contributed by atoms with Gasteiger partial charge in [0.15, 0.2) is 5.03 Å². The lowest BCUT2D eigenvalue weighted by Crippen LogP contribution is -2.17. The summed E-state index contributed by atoms with van der Waals surface area (Å²) in [7, 11) is -1.54. The van der Waals surface area contributed by atoms with Gasteiger partial charge in [0, 0.05) is 17.3 Å². The van der Waals surface area contributed by atoms with Crippen molar-refractivity contribution >= 4 is 33.2 Å². The Balaban J connectivity index is 1.99. The normalized spacial score (nSPS) is 11.4. The van der Waals surface area contributed by atoms with Crippen molar-refractivity contribution in [2.45, 2.75) is 5.03 Å². The smallest absolute Gasteiger partial charge is 0.281 e. The minimum absolute atomic E-state index is 0.0463. The summed E-state index contributed by atoms with van der Waals surface area (Å²) in [6, 6.07) is 3.04. The molecule has 150 valence electrons. The summed E-state index contributed by atoms with van der Waals surface area (Å²) in [5, 5.41) is 0.259. The van der Waals surface area contributed by atoms with Crippen LogP contribution in [-0.4, -0.2) is 55.3 Å². The summed E-state index contributed by atoms with van der Waals surface area (Å²) in [4.78, 5) is 11.9. The number of methoxy groups -OCH3 is 2. The Labute approximate surface area is 164 Å². The van der Waals surface area contributed by atoms with E-state index < -0.39 is 16.7 Å². The van der Waals surface area contributed by atoms with Crippen LogP contribution in [0.15, 0.2) is 29.6 Å². The number of anilines is 1. The third-order valence-electron chi connectivity index (χ3n) is 3.46. The summed E-state index contributed by atoms with van der Waals surface area (Å²) in [6.07, 6.45) is 2.64. The Morgan fingerprint density at radius 2 is 1.93 bits per heavy atom. The van der Waals surface area contributed by atoms with Gasteiger partial charge in [0.2, 0.25) is 11.7 Å². The summed E-state index contributed by atoms with van der Waals surface area (Å²) in [5.74, 6) is -0.619. The van der Waals surface area contributed by atoms with Gasteiger partial charge in [0.05, 0.1) is 20.4 Å². The summed E-state index contributed by atoms with van der Waals surface area (Å²) >= 11 is 5.89. The van der Waals surface area contributed by atoms with E-state index in [-0.39, 0.29) is 35.1 Å². The summed E-state index contributed by atoms with van der Waals surface area (Å²) in [5.41, 5.74) is 0.346. The lowest BCUT2D eigenvalue weighted by Gasteiger charge is -2.14. The van der Waals surface area contributed by atoms with Crippen LogP contribution in [0.5, 0.6) is 17.5 Å². The fourth-order valence-corrected chi connectivity index (χ4v) is 3.50. The van der Waals surface area contributed by atoms with Gasteiger partial charge < -0.3 is 14.2 Å².